The Morgan fingerprint density at radius 1 is 1.32 bits per heavy atom. The van der Waals surface area contributed by atoms with Gasteiger partial charge in [-0.1, -0.05) is 0 Å². The van der Waals surface area contributed by atoms with Gasteiger partial charge in [0.25, 0.3) is 5.91 Å². The summed E-state index contributed by atoms with van der Waals surface area (Å²) in [6.07, 6.45) is -0.527. The first-order chi connectivity index (χ1) is 10.3. The molecule has 2 aliphatic heterocycles. The average Bonchev–Trinajstić information content (AvgIpc) is 2.52. The monoisotopic (exact) mass is 313 g/mol. The zero-order valence-corrected chi connectivity index (χ0v) is 12.4. The molecule has 0 saturated carbocycles. The second kappa shape index (κ2) is 5.22. The zero-order chi connectivity index (χ0) is 16.0. The van der Waals surface area contributed by atoms with Gasteiger partial charge in [0.1, 0.15) is 5.69 Å². The Balaban J connectivity index is 1.79. The van der Waals surface area contributed by atoms with Gasteiger partial charge in [-0.25, -0.2) is 0 Å². The molecule has 1 amide bonds. The standard InChI is InChI=1S/C15H18F3N3O/c1-20-8-5-14(20)4-2-7-21(10-14)13(22)11-3-6-19-12(9-11)15(16,17)18/h3,6,9H,2,4-5,7-8,10H2,1H3. The van der Waals surface area contributed by atoms with Crippen molar-refractivity contribution >= 4 is 5.91 Å². The third kappa shape index (κ3) is 2.58. The van der Waals surface area contributed by atoms with Crippen LogP contribution in [0.4, 0.5) is 13.2 Å². The number of carbonyl (C=O) groups is 1. The van der Waals surface area contributed by atoms with Crippen LogP contribution < -0.4 is 0 Å². The highest BCUT2D eigenvalue weighted by Gasteiger charge is 2.46. The van der Waals surface area contributed by atoms with Crippen LogP contribution in [0.25, 0.3) is 0 Å². The fourth-order valence-electron chi connectivity index (χ4n) is 3.35. The van der Waals surface area contributed by atoms with Crippen LogP contribution in [-0.2, 0) is 6.18 Å². The molecular formula is C15H18F3N3O. The van der Waals surface area contributed by atoms with Crippen molar-refractivity contribution in [2.45, 2.75) is 31.0 Å². The molecule has 1 aromatic rings. The topological polar surface area (TPSA) is 36.4 Å². The van der Waals surface area contributed by atoms with E-state index in [2.05, 4.69) is 9.88 Å². The molecule has 0 N–H and O–H groups in total. The van der Waals surface area contributed by atoms with Crippen LogP contribution in [0.15, 0.2) is 18.3 Å². The number of hydrogen-bond acceptors (Lipinski definition) is 3. The van der Waals surface area contributed by atoms with Crippen LogP contribution in [0.2, 0.25) is 0 Å². The summed E-state index contributed by atoms with van der Waals surface area (Å²) in [6.45, 7) is 2.19. The highest BCUT2D eigenvalue weighted by Crippen LogP contribution is 2.37. The maximum absolute atomic E-state index is 12.7. The van der Waals surface area contributed by atoms with Crippen molar-refractivity contribution in [3.63, 3.8) is 0 Å². The fraction of sp³-hybridized carbons (Fsp3) is 0.600. The van der Waals surface area contributed by atoms with Crippen LogP contribution >= 0.6 is 0 Å². The first-order valence-electron chi connectivity index (χ1n) is 7.36. The minimum Gasteiger partial charge on any atom is -0.337 e. The number of carbonyl (C=O) groups excluding carboxylic acids is 1. The molecule has 120 valence electrons. The van der Waals surface area contributed by atoms with E-state index in [4.69, 9.17) is 0 Å². The molecule has 2 fully saturated rings. The van der Waals surface area contributed by atoms with Gasteiger partial charge in [0.15, 0.2) is 0 Å². The summed E-state index contributed by atoms with van der Waals surface area (Å²) < 4.78 is 38.2. The normalized spacial score (nSPS) is 26.1. The maximum Gasteiger partial charge on any atom is 0.433 e. The summed E-state index contributed by atoms with van der Waals surface area (Å²) in [4.78, 5) is 19.7. The van der Waals surface area contributed by atoms with E-state index in [1.165, 1.54) is 6.07 Å². The molecule has 3 heterocycles. The van der Waals surface area contributed by atoms with Crippen LogP contribution in [0.5, 0.6) is 0 Å². The molecule has 2 aliphatic rings. The zero-order valence-electron chi connectivity index (χ0n) is 12.4. The predicted octanol–water partition coefficient (Wildman–Crippen LogP) is 2.41. The number of rotatable bonds is 1. The molecular weight excluding hydrogens is 295 g/mol. The average molecular weight is 313 g/mol. The van der Waals surface area contributed by atoms with Crippen LogP contribution in [-0.4, -0.2) is 52.9 Å². The van der Waals surface area contributed by atoms with E-state index in [9.17, 15) is 18.0 Å². The first kappa shape index (κ1) is 15.3. The summed E-state index contributed by atoms with van der Waals surface area (Å²) >= 11 is 0. The third-order valence-electron chi connectivity index (χ3n) is 4.86. The van der Waals surface area contributed by atoms with Gasteiger partial charge in [-0.05, 0) is 38.4 Å². The van der Waals surface area contributed by atoms with Gasteiger partial charge in [0, 0.05) is 36.9 Å². The molecule has 4 nitrogen and oxygen atoms in total. The molecule has 1 unspecified atom stereocenters. The molecule has 0 aromatic carbocycles. The van der Waals surface area contributed by atoms with Gasteiger partial charge in [-0.15, -0.1) is 0 Å². The maximum atomic E-state index is 12.7. The predicted molar refractivity (Wildman–Crippen MR) is 74.4 cm³/mol. The van der Waals surface area contributed by atoms with Crippen molar-refractivity contribution in [1.29, 1.82) is 0 Å². The van der Waals surface area contributed by atoms with Crippen LogP contribution in [0, 0.1) is 0 Å². The van der Waals surface area contributed by atoms with Gasteiger partial charge < -0.3 is 4.90 Å². The van der Waals surface area contributed by atoms with Crippen molar-refractivity contribution in [3.05, 3.63) is 29.6 Å². The molecule has 1 spiro atoms. The van der Waals surface area contributed by atoms with E-state index >= 15 is 0 Å². The van der Waals surface area contributed by atoms with Crippen molar-refractivity contribution in [1.82, 2.24) is 14.8 Å². The van der Waals surface area contributed by atoms with E-state index in [1.54, 1.807) is 4.90 Å². The number of alkyl halides is 3. The van der Waals surface area contributed by atoms with Crippen LogP contribution in [0.1, 0.15) is 35.3 Å². The Labute approximate surface area is 126 Å². The van der Waals surface area contributed by atoms with E-state index in [1.807, 2.05) is 7.05 Å². The molecule has 1 atom stereocenters. The lowest BCUT2D eigenvalue weighted by Gasteiger charge is -2.55. The molecule has 0 bridgehead atoms. The minimum absolute atomic E-state index is 0.0216. The molecule has 0 aliphatic carbocycles. The number of aromatic nitrogens is 1. The first-order valence-corrected chi connectivity index (χ1v) is 7.36. The van der Waals surface area contributed by atoms with Crippen molar-refractivity contribution in [2.24, 2.45) is 0 Å². The molecule has 2 saturated heterocycles. The summed E-state index contributed by atoms with van der Waals surface area (Å²) in [5.74, 6) is -0.340. The Bertz CT molecular complexity index is 590. The van der Waals surface area contributed by atoms with E-state index in [0.29, 0.717) is 13.1 Å². The Morgan fingerprint density at radius 3 is 2.68 bits per heavy atom. The largest absolute Gasteiger partial charge is 0.433 e. The third-order valence-corrected chi connectivity index (χ3v) is 4.86. The van der Waals surface area contributed by atoms with Gasteiger partial charge in [-0.2, -0.15) is 13.2 Å². The number of halogens is 3. The Morgan fingerprint density at radius 2 is 2.09 bits per heavy atom. The highest BCUT2D eigenvalue weighted by atomic mass is 19.4. The number of nitrogens with zero attached hydrogens (tertiary/aromatic N) is 3. The van der Waals surface area contributed by atoms with Crippen molar-refractivity contribution in [3.8, 4) is 0 Å². The minimum atomic E-state index is -4.53. The number of likely N-dealkylation sites (tertiary alicyclic amines) is 2. The smallest absolute Gasteiger partial charge is 0.337 e. The number of hydrogen-bond donors (Lipinski definition) is 0. The second-order valence-corrected chi connectivity index (χ2v) is 6.15. The molecule has 7 heteroatoms. The van der Waals surface area contributed by atoms with Crippen molar-refractivity contribution in [2.75, 3.05) is 26.7 Å². The van der Waals surface area contributed by atoms with E-state index in [0.717, 1.165) is 38.1 Å². The Kier molecular flexibility index (Phi) is 3.63. The summed E-state index contributed by atoms with van der Waals surface area (Å²) in [7, 11) is 2.03. The lowest BCUT2D eigenvalue weighted by molar-refractivity contribution is -0.141. The van der Waals surface area contributed by atoms with Crippen molar-refractivity contribution < 1.29 is 18.0 Å². The molecule has 3 rings (SSSR count). The van der Waals surface area contributed by atoms with Gasteiger partial charge in [0.2, 0.25) is 0 Å². The fourth-order valence-corrected chi connectivity index (χ4v) is 3.35. The summed E-state index contributed by atoms with van der Waals surface area (Å²) in [5, 5.41) is 0. The number of amides is 1. The van der Waals surface area contributed by atoms with E-state index in [-0.39, 0.29) is 17.0 Å². The van der Waals surface area contributed by atoms with Crippen LogP contribution in [0.3, 0.4) is 0 Å². The van der Waals surface area contributed by atoms with Gasteiger partial charge >= 0.3 is 6.18 Å². The van der Waals surface area contributed by atoms with Gasteiger partial charge in [0.05, 0.1) is 0 Å². The molecule has 22 heavy (non-hydrogen) atoms. The Hall–Kier alpha value is -1.63. The lowest BCUT2D eigenvalue weighted by Crippen LogP contribution is -2.66. The second-order valence-electron chi connectivity index (χ2n) is 6.15. The molecule has 0 radical (unpaired) electrons. The summed E-state index contributed by atoms with van der Waals surface area (Å²) in [6, 6.07) is 2.19. The number of pyridine rings is 1. The SMILES string of the molecule is CN1CCC12CCCN(C(=O)c1ccnc(C(F)(F)F)c1)C2. The number of piperidine rings is 1. The van der Waals surface area contributed by atoms with E-state index < -0.39 is 11.9 Å². The van der Waals surface area contributed by atoms with Gasteiger partial charge in [-0.3, -0.25) is 14.7 Å². The summed E-state index contributed by atoms with van der Waals surface area (Å²) in [5.41, 5.74) is -0.944. The lowest BCUT2D eigenvalue weighted by atomic mass is 9.78. The molecule has 1 aromatic heterocycles. The number of likely N-dealkylation sites (N-methyl/N-ethyl adjacent to an activating group) is 1. The quantitative estimate of drug-likeness (QED) is 0.799. The highest BCUT2D eigenvalue weighted by molar-refractivity contribution is 5.94.